The van der Waals surface area contributed by atoms with Crippen molar-refractivity contribution in [2.75, 3.05) is 7.05 Å². The van der Waals surface area contributed by atoms with Gasteiger partial charge < -0.3 is 5.32 Å². The summed E-state index contributed by atoms with van der Waals surface area (Å²) in [4.78, 5) is 0. The Kier molecular flexibility index (Phi) is 4.61. The monoisotopic (exact) mass is 218 g/mol. The molecule has 0 saturated heterocycles. The molecule has 0 atom stereocenters. The molecule has 1 aromatic rings. The maximum Gasteiger partial charge on any atom is 0.257 e. The van der Waals surface area contributed by atoms with Crippen LogP contribution in [-0.2, 0) is 19.5 Å². The molecule has 0 aliphatic heterocycles. The van der Waals surface area contributed by atoms with E-state index in [2.05, 4.69) is 15.6 Å². The van der Waals surface area contributed by atoms with Crippen molar-refractivity contribution in [3.8, 4) is 0 Å². The highest BCUT2D eigenvalue weighted by Gasteiger charge is 2.14. The van der Waals surface area contributed by atoms with Crippen molar-refractivity contribution in [3.05, 3.63) is 11.4 Å². The van der Waals surface area contributed by atoms with Gasteiger partial charge in [0.15, 0.2) is 0 Å². The molecule has 0 aliphatic rings. The van der Waals surface area contributed by atoms with Crippen LogP contribution in [0.25, 0.3) is 0 Å². The summed E-state index contributed by atoms with van der Waals surface area (Å²) in [5.74, 6) is 0. The summed E-state index contributed by atoms with van der Waals surface area (Å²) in [7, 11) is 1.79. The van der Waals surface area contributed by atoms with Gasteiger partial charge in [-0.05, 0) is 13.5 Å². The van der Waals surface area contributed by atoms with Crippen LogP contribution in [0.5, 0.6) is 0 Å². The molecule has 0 saturated carbocycles. The normalized spacial score (nSPS) is 11.3. The van der Waals surface area contributed by atoms with Crippen molar-refractivity contribution >= 4 is 0 Å². The third kappa shape index (κ3) is 3.23. The van der Waals surface area contributed by atoms with Crippen molar-refractivity contribution in [1.82, 2.24) is 20.3 Å². The summed E-state index contributed by atoms with van der Waals surface area (Å²) in [6.07, 6.45) is -0.755. The minimum atomic E-state index is -2.38. The number of aromatic nitrogens is 3. The Labute approximate surface area is 87.7 Å². The number of hydrogen-bond donors (Lipinski definition) is 1. The van der Waals surface area contributed by atoms with Gasteiger partial charge in [-0.3, -0.25) is 0 Å². The lowest BCUT2D eigenvalue weighted by molar-refractivity contribution is 0.119. The SMILES string of the molecule is CCCc1c(CNC)nnn1CC(F)F. The van der Waals surface area contributed by atoms with Crippen LogP contribution in [0.15, 0.2) is 0 Å². The second-order valence-corrected chi connectivity index (χ2v) is 3.34. The Bertz CT molecular complexity index is 298. The van der Waals surface area contributed by atoms with E-state index in [-0.39, 0.29) is 6.54 Å². The van der Waals surface area contributed by atoms with E-state index >= 15 is 0 Å². The highest BCUT2D eigenvalue weighted by molar-refractivity contribution is 5.10. The first-order valence-electron chi connectivity index (χ1n) is 5.03. The molecule has 1 N–H and O–H groups in total. The zero-order valence-electron chi connectivity index (χ0n) is 9.00. The molecule has 0 unspecified atom stereocenters. The van der Waals surface area contributed by atoms with E-state index in [4.69, 9.17) is 0 Å². The molecule has 0 spiro atoms. The highest BCUT2D eigenvalue weighted by atomic mass is 19.3. The molecule has 1 heterocycles. The molecule has 15 heavy (non-hydrogen) atoms. The molecule has 0 aliphatic carbocycles. The van der Waals surface area contributed by atoms with Gasteiger partial charge in [-0.2, -0.15) is 0 Å². The second-order valence-electron chi connectivity index (χ2n) is 3.34. The van der Waals surface area contributed by atoms with Gasteiger partial charge >= 0.3 is 0 Å². The van der Waals surface area contributed by atoms with Gasteiger partial charge in [0.05, 0.1) is 11.4 Å². The van der Waals surface area contributed by atoms with Crippen molar-refractivity contribution in [3.63, 3.8) is 0 Å². The minimum Gasteiger partial charge on any atom is -0.314 e. The molecule has 1 aromatic heterocycles. The van der Waals surface area contributed by atoms with E-state index in [1.54, 1.807) is 7.05 Å². The van der Waals surface area contributed by atoms with Crippen LogP contribution in [0.2, 0.25) is 0 Å². The fourth-order valence-electron chi connectivity index (χ4n) is 1.46. The van der Waals surface area contributed by atoms with Crippen LogP contribution in [0.4, 0.5) is 8.78 Å². The lowest BCUT2D eigenvalue weighted by Gasteiger charge is -2.06. The Hall–Kier alpha value is -1.04. The molecule has 0 amide bonds. The Morgan fingerprint density at radius 2 is 2.20 bits per heavy atom. The van der Waals surface area contributed by atoms with E-state index in [0.29, 0.717) is 6.54 Å². The fraction of sp³-hybridized carbons (Fsp3) is 0.778. The zero-order chi connectivity index (χ0) is 11.3. The van der Waals surface area contributed by atoms with Crippen molar-refractivity contribution in [2.24, 2.45) is 0 Å². The van der Waals surface area contributed by atoms with Gasteiger partial charge in [0.2, 0.25) is 0 Å². The standard InChI is InChI=1S/C9H16F2N4/c1-3-4-8-7(5-12-2)13-14-15(8)6-9(10)11/h9,12H,3-6H2,1-2H3. The molecule has 0 fully saturated rings. The molecular weight excluding hydrogens is 202 g/mol. The van der Waals surface area contributed by atoms with Gasteiger partial charge in [-0.1, -0.05) is 18.6 Å². The van der Waals surface area contributed by atoms with Gasteiger partial charge in [0.25, 0.3) is 6.43 Å². The molecule has 0 aromatic carbocycles. The van der Waals surface area contributed by atoms with Gasteiger partial charge in [-0.15, -0.1) is 5.10 Å². The zero-order valence-corrected chi connectivity index (χ0v) is 9.00. The van der Waals surface area contributed by atoms with Gasteiger partial charge in [0.1, 0.15) is 6.54 Å². The van der Waals surface area contributed by atoms with Crippen molar-refractivity contribution < 1.29 is 8.78 Å². The number of nitrogens with one attached hydrogen (secondary N) is 1. The van der Waals surface area contributed by atoms with Gasteiger partial charge in [-0.25, -0.2) is 13.5 Å². The molecule has 86 valence electrons. The highest BCUT2D eigenvalue weighted by Crippen LogP contribution is 2.10. The first-order valence-corrected chi connectivity index (χ1v) is 5.03. The number of nitrogens with zero attached hydrogens (tertiary/aromatic N) is 3. The van der Waals surface area contributed by atoms with Crippen LogP contribution in [0.3, 0.4) is 0 Å². The van der Waals surface area contributed by atoms with Crippen molar-refractivity contribution in [1.29, 1.82) is 0 Å². The predicted molar refractivity (Wildman–Crippen MR) is 52.8 cm³/mol. The lowest BCUT2D eigenvalue weighted by atomic mass is 10.2. The Morgan fingerprint density at radius 1 is 1.47 bits per heavy atom. The predicted octanol–water partition coefficient (Wildman–Crippen LogP) is 1.22. The maximum atomic E-state index is 12.2. The average Bonchev–Trinajstić information content (AvgIpc) is 2.51. The first kappa shape index (κ1) is 12.0. The van der Waals surface area contributed by atoms with Crippen molar-refractivity contribution in [2.45, 2.75) is 39.3 Å². The largest absolute Gasteiger partial charge is 0.314 e. The summed E-state index contributed by atoms with van der Waals surface area (Å²) in [5.41, 5.74) is 1.58. The summed E-state index contributed by atoms with van der Waals surface area (Å²) < 4.78 is 25.8. The quantitative estimate of drug-likeness (QED) is 0.780. The van der Waals surface area contributed by atoms with Gasteiger partial charge in [0, 0.05) is 6.54 Å². The van der Waals surface area contributed by atoms with E-state index < -0.39 is 6.43 Å². The molecule has 4 nitrogen and oxygen atoms in total. The van der Waals surface area contributed by atoms with E-state index in [1.807, 2.05) is 6.92 Å². The van der Waals surface area contributed by atoms with Crippen LogP contribution in [0, 0.1) is 0 Å². The molecule has 1 rings (SSSR count). The first-order chi connectivity index (χ1) is 7.19. The number of halogens is 2. The summed E-state index contributed by atoms with van der Waals surface area (Å²) >= 11 is 0. The lowest BCUT2D eigenvalue weighted by Crippen LogP contribution is -2.13. The average molecular weight is 218 g/mol. The van der Waals surface area contributed by atoms with E-state index in [1.165, 1.54) is 4.68 Å². The fourth-order valence-corrected chi connectivity index (χ4v) is 1.46. The Morgan fingerprint density at radius 3 is 2.73 bits per heavy atom. The van der Waals surface area contributed by atoms with Crippen LogP contribution in [0.1, 0.15) is 24.7 Å². The van der Waals surface area contributed by atoms with E-state index in [9.17, 15) is 8.78 Å². The van der Waals surface area contributed by atoms with Crippen LogP contribution < -0.4 is 5.32 Å². The van der Waals surface area contributed by atoms with E-state index in [0.717, 1.165) is 24.2 Å². The third-order valence-corrected chi connectivity index (χ3v) is 2.06. The summed E-state index contributed by atoms with van der Waals surface area (Å²) in [6.45, 7) is 2.20. The second kappa shape index (κ2) is 5.75. The molecule has 0 radical (unpaired) electrons. The Balaban J connectivity index is 2.84. The maximum absolute atomic E-state index is 12.2. The van der Waals surface area contributed by atoms with Crippen LogP contribution in [-0.4, -0.2) is 28.5 Å². The minimum absolute atomic E-state index is 0.369. The topological polar surface area (TPSA) is 42.7 Å². The number of rotatable bonds is 6. The molecule has 0 bridgehead atoms. The summed E-state index contributed by atoms with van der Waals surface area (Å²) in [5, 5.41) is 10.6. The smallest absolute Gasteiger partial charge is 0.257 e. The van der Waals surface area contributed by atoms with Crippen LogP contribution >= 0.6 is 0 Å². The number of hydrogen-bond acceptors (Lipinski definition) is 3. The third-order valence-electron chi connectivity index (χ3n) is 2.06. The molecular formula is C9H16F2N4. The number of alkyl halides is 2. The summed E-state index contributed by atoms with van der Waals surface area (Å²) in [6, 6.07) is 0. The molecule has 6 heteroatoms.